The minimum Gasteiger partial charge on any atom is -0.398 e. The number of rotatable bonds is 4. The van der Waals surface area contributed by atoms with Crippen LogP contribution >= 0.6 is 0 Å². The Hall–Kier alpha value is -1.11. The van der Waals surface area contributed by atoms with Crippen molar-refractivity contribution in [3.8, 4) is 0 Å². The Kier molecular flexibility index (Phi) is 3.89. The summed E-state index contributed by atoms with van der Waals surface area (Å²) in [6.45, 7) is 1.70. The van der Waals surface area contributed by atoms with Gasteiger partial charge in [-0.2, -0.15) is 0 Å². The third-order valence-corrected chi connectivity index (χ3v) is 4.52. The third kappa shape index (κ3) is 3.44. The smallest absolute Gasteiger partial charge is 0.216 e. The lowest BCUT2D eigenvalue weighted by Crippen LogP contribution is -2.37. The lowest BCUT2D eigenvalue weighted by atomic mass is 10.2. The first-order valence-electron chi connectivity index (χ1n) is 5.98. The molecule has 0 saturated carbocycles. The van der Waals surface area contributed by atoms with Crippen molar-refractivity contribution in [2.45, 2.75) is 18.2 Å². The Balaban J connectivity index is 2.02. The summed E-state index contributed by atoms with van der Waals surface area (Å²) < 4.78 is 26.8. The first-order valence-corrected chi connectivity index (χ1v) is 7.63. The van der Waals surface area contributed by atoms with Crippen LogP contribution in [0.3, 0.4) is 0 Å². The molecule has 1 aromatic rings. The summed E-state index contributed by atoms with van der Waals surface area (Å²) in [5, 5.41) is 0. The van der Waals surface area contributed by atoms with Crippen molar-refractivity contribution in [3.63, 3.8) is 0 Å². The van der Waals surface area contributed by atoms with E-state index in [4.69, 9.17) is 5.73 Å². The number of nitrogens with zero attached hydrogens (tertiary/aromatic N) is 1. The number of hydrogen-bond acceptors (Lipinski definition) is 4. The van der Waals surface area contributed by atoms with E-state index in [9.17, 15) is 8.42 Å². The van der Waals surface area contributed by atoms with Gasteiger partial charge in [-0.05, 0) is 31.6 Å². The fourth-order valence-electron chi connectivity index (χ4n) is 2.20. The summed E-state index contributed by atoms with van der Waals surface area (Å²) in [4.78, 5) is 2.12. The Morgan fingerprint density at radius 2 is 2.17 bits per heavy atom. The molecule has 1 aliphatic heterocycles. The van der Waals surface area contributed by atoms with Gasteiger partial charge in [0.1, 0.15) is 0 Å². The second kappa shape index (κ2) is 5.26. The SMILES string of the molecule is CN1CCC(NS(=O)(=O)Cc2ccccc2N)C1. The molecule has 0 aliphatic carbocycles. The van der Waals surface area contributed by atoms with E-state index >= 15 is 0 Å². The van der Waals surface area contributed by atoms with Gasteiger partial charge in [-0.25, -0.2) is 13.1 Å². The van der Waals surface area contributed by atoms with Gasteiger partial charge in [-0.1, -0.05) is 18.2 Å². The fourth-order valence-corrected chi connectivity index (χ4v) is 3.65. The van der Waals surface area contributed by atoms with Crippen LogP contribution in [0.5, 0.6) is 0 Å². The van der Waals surface area contributed by atoms with Crippen LogP contribution in [0.25, 0.3) is 0 Å². The van der Waals surface area contributed by atoms with Crippen LogP contribution in [0.4, 0.5) is 5.69 Å². The van der Waals surface area contributed by atoms with Gasteiger partial charge in [-0.15, -0.1) is 0 Å². The molecular formula is C12H19N3O2S. The lowest BCUT2D eigenvalue weighted by Gasteiger charge is -2.14. The minimum atomic E-state index is -3.32. The predicted octanol–water partition coefficient (Wildman–Crippen LogP) is 0.392. The van der Waals surface area contributed by atoms with Gasteiger partial charge in [0, 0.05) is 18.3 Å². The fraction of sp³-hybridized carbons (Fsp3) is 0.500. The Morgan fingerprint density at radius 1 is 1.44 bits per heavy atom. The molecule has 0 amide bonds. The molecule has 5 nitrogen and oxygen atoms in total. The molecule has 0 radical (unpaired) electrons. The van der Waals surface area contributed by atoms with Crippen molar-refractivity contribution < 1.29 is 8.42 Å². The zero-order valence-corrected chi connectivity index (χ0v) is 11.3. The van der Waals surface area contributed by atoms with Crippen LogP contribution in [0.15, 0.2) is 24.3 Å². The van der Waals surface area contributed by atoms with Crippen LogP contribution < -0.4 is 10.5 Å². The molecule has 1 atom stereocenters. The van der Waals surface area contributed by atoms with Gasteiger partial charge in [0.25, 0.3) is 0 Å². The van der Waals surface area contributed by atoms with Gasteiger partial charge >= 0.3 is 0 Å². The zero-order valence-electron chi connectivity index (χ0n) is 10.5. The van der Waals surface area contributed by atoms with Crippen LogP contribution in [0, 0.1) is 0 Å². The van der Waals surface area contributed by atoms with E-state index < -0.39 is 10.0 Å². The first-order chi connectivity index (χ1) is 8.46. The number of para-hydroxylation sites is 1. The highest BCUT2D eigenvalue weighted by atomic mass is 32.2. The summed E-state index contributed by atoms with van der Waals surface area (Å²) in [7, 11) is -1.33. The van der Waals surface area contributed by atoms with Crippen molar-refractivity contribution in [2.75, 3.05) is 25.9 Å². The third-order valence-electron chi connectivity index (χ3n) is 3.14. The van der Waals surface area contributed by atoms with Crippen LogP contribution in [0.1, 0.15) is 12.0 Å². The highest BCUT2D eigenvalue weighted by Crippen LogP contribution is 2.15. The molecule has 18 heavy (non-hydrogen) atoms. The molecule has 1 aromatic carbocycles. The largest absolute Gasteiger partial charge is 0.398 e. The second-order valence-corrected chi connectivity index (χ2v) is 6.58. The summed E-state index contributed by atoms with van der Waals surface area (Å²) in [6, 6.07) is 7.07. The molecule has 0 spiro atoms. The van der Waals surface area contributed by atoms with E-state index in [1.54, 1.807) is 24.3 Å². The Labute approximate surface area is 108 Å². The van der Waals surface area contributed by atoms with Crippen LogP contribution in [-0.4, -0.2) is 39.5 Å². The molecule has 2 rings (SSSR count). The number of sulfonamides is 1. The maximum atomic E-state index is 12.0. The van der Waals surface area contributed by atoms with E-state index in [0.29, 0.717) is 11.3 Å². The second-order valence-electron chi connectivity index (χ2n) is 4.82. The number of hydrogen-bond donors (Lipinski definition) is 2. The van der Waals surface area contributed by atoms with Gasteiger partial charge in [-0.3, -0.25) is 0 Å². The molecule has 1 aliphatic rings. The van der Waals surface area contributed by atoms with Crippen molar-refractivity contribution in [1.82, 2.24) is 9.62 Å². The topological polar surface area (TPSA) is 75.4 Å². The van der Waals surface area contributed by atoms with Gasteiger partial charge < -0.3 is 10.6 Å². The summed E-state index contributed by atoms with van der Waals surface area (Å²) in [6.07, 6.45) is 0.861. The number of benzene rings is 1. The van der Waals surface area contributed by atoms with Crippen LogP contribution in [0.2, 0.25) is 0 Å². The molecule has 1 fully saturated rings. The first kappa shape index (κ1) is 13.3. The van der Waals surface area contributed by atoms with E-state index in [1.165, 1.54) is 0 Å². The van der Waals surface area contributed by atoms with Crippen molar-refractivity contribution in [1.29, 1.82) is 0 Å². The minimum absolute atomic E-state index is 0.0185. The molecule has 3 N–H and O–H groups in total. The van der Waals surface area contributed by atoms with Gasteiger partial charge in [0.2, 0.25) is 10.0 Å². The zero-order chi connectivity index (χ0) is 13.2. The molecule has 0 bridgehead atoms. The highest BCUT2D eigenvalue weighted by Gasteiger charge is 2.24. The van der Waals surface area contributed by atoms with E-state index in [1.807, 2.05) is 7.05 Å². The monoisotopic (exact) mass is 269 g/mol. The standard InChI is InChI=1S/C12H19N3O2S/c1-15-7-6-11(8-15)14-18(16,17)9-10-4-2-3-5-12(10)13/h2-5,11,14H,6-9,13H2,1H3. The summed E-state index contributed by atoms with van der Waals surface area (Å²) in [5.74, 6) is -0.0557. The molecule has 1 unspecified atom stereocenters. The molecule has 0 aromatic heterocycles. The maximum Gasteiger partial charge on any atom is 0.216 e. The average molecular weight is 269 g/mol. The Bertz CT molecular complexity index is 516. The predicted molar refractivity (Wildman–Crippen MR) is 72.5 cm³/mol. The number of nitrogen functional groups attached to an aromatic ring is 1. The summed E-state index contributed by atoms with van der Waals surface area (Å²) in [5.41, 5.74) is 6.93. The highest BCUT2D eigenvalue weighted by molar-refractivity contribution is 7.88. The lowest BCUT2D eigenvalue weighted by molar-refractivity contribution is 0.407. The van der Waals surface area contributed by atoms with E-state index in [2.05, 4.69) is 9.62 Å². The molecule has 1 heterocycles. The van der Waals surface area contributed by atoms with Crippen molar-refractivity contribution in [2.24, 2.45) is 0 Å². The van der Waals surface area contributed by atoms with Crippen molar-refractivity contribution in [3.05, 3.63) is 29.8 Å². The quantitative estimate of drug-likeness (QED) is 0.776. The summed E-state index contributed by atoms with van der Waals surface area (Å²) >= 11 is 0. The average Bonchev–Trinajstić information content (AvgIpc) is 2.66. The number of nitrogens with one attached hydrogen (secondary N) is 1. The van der Waals surface area contributed by atoms with Gasteiger partial charge in [0.15, 0.2) is 0 Å². The Morgan fingerprint density at radius 3 is 2.78 bits per heavy atom. The number of nitrogens with two attached hydrogens (primary N) is 1. The van der Waals surface area contributed by atoms with Crippen LogP contribution in [-0.2, 0) is 15.8 Å². The van der Waals surface area contributed by atoms with E-state index in [-0.39, 0.29) is 11.8 Å². The molecular weight excluding hydrogens is 250 g/mol. The molecule has 100 valence electrons. The molecule has 1 saturated heterocycles. The van der Waals surface area contributed by atoms with E-state index in [0.717, 1.165) is 19.5 Å². The number of likely N-dealkylation sites (N-methyl/N-ethyl adjacent to an activating group) is 1. The number of anilines is 1. The van der Waals surface area contributed by atoms with Gasteiger partial charge in [0.05, 0.1) is 5.75 Å². The number of likely N-dealkylation sites (tertiary alicyclic amines) is 1. The maximum absolute atomic E-state index is 12.0. The van der Waals surface area contributed by atoms with Crippen molar-refractivity contribution >= 4 is 15.7 Å². The molecule has 6 heteroatoms. The normalized spacial score (nSPS) is 21.3.